The van der Waals surface area contributed by atoms with Crippen molar-refractivity contribution >= 4 is 0 Å². The molecule has 0 bridgehead atoms. The van der Waals surface area contributed by atoms with E-state index in [1.807, 2.05) is 18.2 Å². The first kappa shape index (κ1) is 14.0. The van der Waals surface area contributed by atoms with Crippen molar-refractivity contribution in [1.82, 2.24) is 5.32 Å². The summed E-state index contributed by atoms with van der Waals surface area (Å²) in [5.74, 6) is 2.60. The minimum atomic E-state index is 0.701. The molecule has 0 radical (unpaired) electrons. The number of furan rings is 1. The first-order chi connectivity index (χ1) is 10.4. The summed E-state index contributed by atoms with van der Waals surface area (Å²) in [5.41, 5.74) is 2.20. The van der Waals surface area contributed by atoms with Gasteiger partial charge in [-0.05, 0) is 36.7 Å². The Balaban J connectivity index is 1.84. The number of fused-ring (bicyclic) bond motifs is 1. The SMILES string of the molecule is CCCNCc1occc1-c1ccc2c(c1)OCCCO2. The van der Waals surface area contributed by atoms with Gasteiger partial charge in [0, 0.05) is 12.0 Å². The van der Waals surface area contributed by atoms with Crippen molar-refractivity contribution in [3.63, 3.8) is 0 Å². The van der Waals surface area contributed by atoms with Crippen LogP contribution in [0.4, 0.5) is 0 Å². The van der Waals surface area contributed by atoms with Gasteiger partial charge < -0.3 is 19.2 Å². The highest BCUT2D eigenvalue weighted by Gasteiger charge is 2.14. The van der Waals surface area contributed by atoms with E-state index in [2.05, 4.69) is 18.3 Å². The van der Waals surface area contributed by atoms with E-state index in [4.69, 9.17) is 13.9 Å². The number of rotatable bonds is 5. The fourth-order valence-corrected chi connectivity index (χ4v) is 2.44. The minimum absolute atomic E-state index is 0.701. The maximum atomic E-state index is 5.75. The van der Waals surface area contributed by atoms with Crippen molar-refractivity contribution in [3.8, 4) is 22.6 Å². The summed E-state index contributed by atoms with van der Waals surface area (Å²) in [4.78, 5) is 0. The second kappa shape index (κ2) is 6.68. The van der Waals surface area contributed by atoms with Crippen molar-refractivity contribution in [2.24, 2.45) is 0 Å². The van der Waals surface area contributed by atoms with Crippen LogP contribution in [-0.2, 0) is 6.54 Å². The Morgan fingerprint density at radius 3 is 2.81 bits per heavy atom. The molecule has 3 rings (SSSR count). The molecule has 0 atom stereocenters. The number of hydrogen-bond acceptors (Lipinski definition) is 4. The Bertz CT molecular complexity index is 591. The molecule has 0 saturated carbocycles. The molecular formula is C17H21NO3. The third-order valence-electron chi connectivity index (χ3n) is 3.52. The van der Waals surface area contributed by atoms with Gasteiger partial charge in [-0.15, -0.1) is 0 Å². The third kappa shape index (κ3) is 3.22. The molecule has 1 aromatic carbocycles. The van der Waals surface area contributed by atoms with E-state index in [0.29, 0.717) is 13.2 Å². The van der Waals surface area contributed by atoms with Crippen LogP contribution in [0, 0.1) is 0 Å². The number of nitrogens with one attached hydrogen (secondary N) is 1. The summed E-state index contributed by atoms with van der Waals surface area (Å²) in [7, 11) is 0. The van der Waals surface area contributed by atoms with Gasteiger partial charge in [0.15, 0.2) is 11.5 Å². The molecule has 4 nitrogen and oxygen atoms in total. The first-order valence-electron chi connectivity index (χ1n) is 7.55. The molecule has 1 aliphatic rings. The van der Waals surface area contributed by atoms with Crippen LogP contribution in [0.3, 0.4) is 0 Å². The Morgan fingerprint density at radius 1 is 1.10 bits per heavy atom. The fourth-order valence-electron chi connectivity index (χ4n) is 2.44. The van der Waals surface area contributed by atoms with Crippen molar-refractivity contribution in [2.45, 2.75) is 26.3 Å². The number of benzene rings is 1. The van der Waals surface area contributed by atoms with Crippen LogP contribution in [0.15, 0.2) is 34.9 Å². The van der Waals surface area contributed by atoms with E-state index in [1.54, 1.807) is 6.26 Å². The molecule has 2 heterocycles. The second-order valence-corrected chi connectivity index (χ2v) is 5.15. The zero-order valence-electron chi connectivity index (χ0n) is 12.4. The van der Waals surface area contributed by atoms with Crippen LogP contribution in [-0.4, -0.2) is 19.8 Å². The van der Waals surface area contributed by atoms with E-state index in [0.717, 1.165) is 54.3 Å². The van der Waals surface area contributed by atoms with Crippen LogP contribution in [0.5, 0.6) is 11.5 Å². The van der Waals surface area contributed by atoms with Gasteiger partial charge in [-0.3, -0.25) is 0 Å². The van der Waals surface area contributed by atoms with Gasteiger partial charge in [0.1, 0.15) is 5.76 Å². The molecule has 0 fully saturated rings. The summed E-state index contributed by atoms with van der Waals surface area (Å²) in [6.45, 7) is 5.29. The quantitative estimate of drug-likeness (QED) is 0.853. The lowest BCUT2D eigenvalue weighted by Crippen LogP contribution is -2.13. The lowest BCUT2D eigenvalue weighted by molar-refractivity contribution is 0.297. The van der Waals surface area contributed by atoms with Gasteiger partial charge >= 0.3 is 0 Å². The largest absolute Gasteiger partial charge is 0.490 e. The van der Waals surface area contributed by atoms with Crippen molar-refractivity contribution in [1.29, 1.82) is 0 Å². The highest BCUT2D eigenvalue weighted by Crippen LogP contribution is 2.35. The molecule has 1 aliphatic heterocycles. The highest BCUT2D eigenvalue weighted by atomic mass is 16.5. The van der Waals surface area contributed by atoms with Gasteiger partial charge in [0.25, 0.3) is 0 Å². The molecule has 0 spiro atoms. The molecule has 0 amide bonds. The predicted molar refractivity (Wildman–Crippen MR) is 81.7 cm³/mol. The fraction of sp³-hybridized carbons (Fsp3) is 0.412. The van der Waals surface area contributed by atoms with Gasteiger partial charge in [-0.2, -0.15) is 0 Å². The molecule has 0 unspecified atom stereocenters. The van der Waals surface area contributed by atoms with Gasteiger partial charge in [-0.25, -0.2) is 0 Å². The molecule has 0 saturated heterocycles. The predicted octanol–water partition coefficient (Wildman–Crippen LogP) is 3.61. The lowest BCUT2D eigenvalue weighted by Gasteiger charge is -2.10. The van der Waals surface area contributed by atoms with Crippen molar-refractivity contribution in [3.05, 3.63) is 36.3 Å². The van der Waals surface area contributed by atoms with E-state index in [9.17, 15) is 0 Å². The molecule has 2 aromatic rings. The van der Waals surface area contributed by atoms with Crippen LogP contribution in [0.2, 0.25) is 0 Å². The molecule has 0 aliphatic carbocycles. The molecule has 112 valence electrons. The molecular weight excluding hydrogens is 266 g/mol. The Hall–Kier alpha value is -1.94. The Kier molecular flexibility index (Phi) is 4.46. The molecule has 1 aromatic heterocycles. The van der Waals surface area contributed by atoms with Gasteiger partial charge in [-0.1, -0.05) is 13.0 Å². The third-order valence-corrected chi connectivity index (χ3v) is 3.52. The normalized spacial score (nSPS) is 14.0. The average molecular weight is 287 g/mol. The zero-order chi connectivity index (χ0) is 14.5. The maximum Gasteiger partial charge on any atom is 0.161 e. The molecule has 21 heavy (non-hydrogen) atoms. The van der Waals surface area contributed by atoms with Crippen molar-refractivity contribution in [2.75, 3.05) is 19.8 Å². The van der Waals surface area contributed by atoms with E-state index < -0.39 is 0 Å². The summed E-state index contributed by atoms with van der Waals surface area (Å²) in [5, 5.41) is 3.37. The standard InChI is InChI=1S/C17H21NO3/c1-2-7-18-12-17-14(6-10-21-17)13-4-5-15-16(11-13)20-9-3-8-19-15/h4-6,10-11,18H,2-3,7-9,12H2,1H3. The van der Waals surface area contributed by atoms with E-state index >= 15 is 0 Å². The minimum Gasteiger partial charge on any atom is -0.490 e. The second-order valence-electron chi connectivity index (χ2n) is 5.15. The van der Waals surface area contributed by atoms with E-state index in [-0.39, 0.29) is 0 Å². The van der Waals surface area contributed by atoms with Crippen LogP contribution in [0.25, 0.3) is 11.1 Å². The Labute approximate surface area is 125 Å². The first-order valence-corrected chi connectivity index (χ1v) is 7.55. The average Bonchev–Trinajstić information content (AvgIpc) is 2.84. The molecule has 1 N–H and O–H groups in total. The van der Waals surface area contributed by atoms with Crippen molar-refractivity contribution < 1.29 is 13.9 Å². The van der Waals surface area contributed by atoms with Crippen LogP contribution < -0.4 is 14.8 Å². The van der Waals surface area contributed by atoms with Gasteiger partial charge in [0.05, 0.1) is 26.0 Å². The van der Waals surface area contributed by atoms with Gasteiger partial charge in [0.2, 0.25) is 0 Å². The summed E-state index contributed by atoms with van der Waals surface area (Å²) < 4.78 is 17.0. The summed E-state index contributed by atoms with van der Waals surface area (Å²) in [6, 6.07) is 8.07. The topological polar surface area (TPSA) is 43.6 Å². The number of ether oxygens (including phenoxy) is 2. The van der Waals surface area contributed by atoms with Crippen LogP contribution >= 0.6 is 0 Å². The summed E-state index contributed by atoms with van der Waals surface area (Å²) >= 11 is 0. The summed E-state index contributed by atoms with van der Waals surface area (Å²) in [6.07, 6.45) is 3.77. The maximum absolute atomic E-state index is 5.75. The lowest BCUT2D eigenvalue weighted by atomic mass is 10.1. The zero-order valence-corrected chi connectivity index (χ0v) is 12.4. The highest BCUT2D eigenvalue weighted by molar-refractivity contribution is 5.68. The van der Waals surface area contributed by atoms with Crippen LogP contribution in [0.1, 0.15) is 25.5 Å². The Morgan fingerprint density at radius 2 is 1.95 bits per heavy atom. The number of hydrogen-bond donors (Lipinski definition) is 1. The monoisotopic (exact) mass is 287 g/mol. The van der Waals surface area contributed by atoms with E-state index in [1.165, 1.54) is 0 Å². The molecule has 4 heteroatoms. The smallest absolute Gasteiger partial charge is 0.161 e.